The summed E-state index contributed by atoms with van der Waals surface area (Å²) in [7, 11) is 0. The summed E-state index contributed by atoms with van der Waals surface area (Å²) in [5.74, 6) is -2.64. The fourth-order valence-corrected chi connectivity index (χ4v) is 2.99. The van der Waals surface area contributed by atoms with Crippen LogP contribution in [0.1, 0.15) is 26.4 Å². The average Bonchev–Trinajstić information content (AvgIpc) is 2.74. The Labute approximate surface area is 169 Å². The van der Waals surface area contributed by atoms with Gasteiger partial charge in [0.2, 0.25) is 0 Å². The summed E-state index contributed by atoms with van der Waals surface area (Å²) in [5, 5.41) is 21.4. The second-order valence-electron chi connectivity index (χ2n) is 6.65. The number of benzene rings is 1. The number of piperazine rings is 1. The number of amides is 3. The van der Waals surface area contributed by atoms with Gasteiger partial charge in [-0.2, -0.15) is 0 Å². The van der Waals surface area contributed by atoms with Crippen LogP contribution in [-0.4, -0.2) is 69.1 Å². The van der Waals surface area contributed by atoms with Crippen LogP contribution in [0.25, 0.3) is 0 Å². The van der Waals surface area contributed by atoms with Gasteiger partial charge in [0.25, 0.3) is 17.4 Å². The zero-order valence-corrected chi connectivity index (χ0v) is 15.7. The van der Waals surface area contributed by atoms with Gasteiger partial charge in [-0.3, -0.25) is 14.4 Å². The molecule has 3 amide bonds. The molecule has 4 N–H and O–H groups in total. The molecule has 1 aromatic heterocycles. The van der Waals surface area contributed by atoms with Crippen LogP contribution < -0.4 is 10.9 Å². The van der Waals surface area contributed by atoms with Crippen LogP contribution in [0.15, 0.2) is 35.1 Å². The highest BCUT2D eigenvalue weighted by molar-refractivity contribution is 6.00. The molecule has 3 rings (SSSR count). The highest BCUT2D eigenvalue weighted by Gasteiger charge is 2.26. The molecule has 1 aromatic carbocycles. The SMILES string of the molecule is O=C(NCc1ccc(F)cc1)c1cc(C(=O)N2CCN(C(=O)O)CC2)[nH]c(=O)c1O. The Morgan fingerprint density at radius 2 is 1.67 bits per heavy atom. The maximum absolute atomic E-state index is 13.0. The summed E-state index contributed by atoms with van der Waals surface area (Å²) in [6.07, 6.45) is -1.08. The molecule has 10 nitrogen and oxygen atoms in total. The molecule has 0 atom stereocenters. The van der Waals surface area contributed by atoms with Crippen LogP contribution in [0.4, 0.5) is 9.18 Å². The van der Waals surface area contributed by atoms with Gasteiger partial charge in [0.05, 0.1) is 5.56 Å². The van der Waals surface area contributed by atoms with Gasteiger partial charge in [0.15, 0.2) is 5.75 Å². The summed E-state index contributed by atoms with van der Waals surface area (Å²) < 4.78 is 13.0. The molecule has 1 aliphatic heterocycles. The number of hydrogen-bond acceptors (Lipinski definition) is 5. The van der Waals surface area contributed by atoms with E-state index in [9.17, 15) is 28.7 Å². The van der Waals surface area contributed by atoms with Gasteiger partial charge >= 0.3 is 6.09 Å². The summed E-state index contributed by atoms with van der Waals surface area (Å²) >= 11 is 0. The number of aromatic hydroxyl groups is 1. The number of carboxylic acid groups (broad SMARTS) is 1. The molecule has 0 unspecified atom stereocenters. The molecule has 30 heavy (non-hydrogen) atoms. The predicted octanol–water partition coefficient (Wildman–Crippen LogP) is 0.585. The Morgan fingerprint density at radius 3 is 2.27 bits per heavy atom. The highest BCUT2D eigenvalue weighted by atomic mass is 19.1. The molecule has 1 aliphatic rings. The van der Waals surface area contributed by atoms with Crippen LogP contribution in [-0.2, 0) is 6.54 Å². The van der Waals surface area contributed by atoms with Crippen molar-refractivity contribution in [3.05, 3.63) is 63.3 Å². The van der Waals surface area contributed by atoms with E-state index in [4.69, 9.17) is 5.11 Å². The summed E-state index contributed by atoms with van der Waals surface area (Å²) in [4.78, 5) is 52.8. The van der Waals surface area contributed by atoms with E-state index in [2.05, 4.69) is 10.3 Å². The number of carbonyl (C=O) groups excluding carboxylic acids is 2. The zero-order chi connectivity index (χ0) is 21.8. The third-order valence-corrected chi connectivity index (χ3v) is 4.69. The minimum Gasteiger partial charge on any atom is -0.502 e. The van der Waals surface area contributed by atoms with Gasteiger partial charge in [0.1, 0.15) is 11.5 Å². The maximum atomic E-state index is 13.0. The topological polar surface area (TPSA) is 143 Å². The monoisotopic (exact) mass is 418 g/mol. The van der Waals surface area contributed by atoms with Crippen LogP contribution in [0.3, 0.4) is 0 Å². The largest absolute Gasteiger partial charge is 0.502 e. The van der Waals surface area contributed by atoms with Gasteiger partial charge in [0, 0.05) is 32.7 Å². The lowest BCUT2D eigenvalue weighted by Gasteiger charge is -2.33. The van der Waals surface area contributed by atoms with E-state index in [-0.39, 0.29) is 44.0 Å². The first-order chi connectivity index (χ1) is 14.3. The van der Waals surface area contributed by atoms with E-state index in [1.54, 1.807) is 0 Å². The molecule has 0 saturated carbocycles. The Bertz CT molecular complexity index is 1030. The van der Waals surface area contributed by atoms with Crippen LogP contribution in [0, 0.1) is 5.82 Å². The number of nitrogens with zero attached hydrogens (tertiary/aromatic N) is 2. The Kier molecular flexibility index (Phi) is 6.00. The van der Waals surface area contributed by atoms with E-state index < -0.39 is 35.0 Å². The first kappa shape index (κ1) is 20.8. The minimum atomic E-state index is -1.08. The van der Waals surface area contributed by atoms with Crippen molar-refractivity contribution in [2.24, 2.45) is 0 Å². The fourth-order valence-electron chi connectivity index (χ4n) is 2.99. The molecule has 158 valence electrons. The summed E-state index contributed by atoms with van der Waals surface area (Å²) in [6, 6.07) is 6.47. The summed E-state index contributed by atoms with van der Waals surface area (Å²) in [6.45, 7) is 0.509. The predicted molar refractivity (Wildman–Crippen MR) is 102 cm³/mol. The van der Waals surface area contributed by atoms with E-state index in [0.717, 1.165) is 11.0 Å². The Balaban J connectivity index is 1.74. The number of H-pyrrole nitrogens is 1. The maximum Gasteiger partial charge on any atom is 0.407 e. The number of halogens is 1. The number of pyridine rings is 1. The standard InChI is InChI=1S/C19H19FN4O6/c20-12-3-1-11(2-4-12)10-21-16(26)13-9-14(22-17(27)15(13)25)18(28)23-5-7-24(8-6-23)19(29)30/h1-4,9,25H,5-8,10H2,(H,21,26)(H,22,27)(H,29,30). The van der Waals surface area contributed by atoms with Gasteiger partial charge in [-0.05, 0) is 23.8 Å². The molecule has 1 fully saturated rings. The molecule has 2 aromatic rings. The lowest BCUT2D eigenvalue weighted by atomic mass is 10.1. The molecule has 0 bridgehead atoms. The second-order valence-corrected chi connectivity index (χ2v) is 6.65. The average molecular weight is 418 g/mol. The Hall–Kier alpha value is -3.89. The minimum absolute atomic E-state index is 0.0196. The van der Waals surface area contributed by atoms with E-state index in [1.165, 1.54) is 29.2 Å². The zero-order valence-electron chi connectivity index (χ0n) is 15.7. The third-order valence-electron chi connectivity index (χ3n) is 4.69. The first-order valence-corrected chi connectivity index (χ1v) is 9.02. The summed E-state index contributed by atoms with van der Waals surface area (Å²) in [5.41, 5.74) is -0.986. The van der Waals surface area contributed by atoms with E-state index in [1.807, 2.05) is 0 Å². The van der Waals surface area contributed by atoms with E-state index in [0.29, 0.717) is 5.56 Å². The smallest absolute Gasteiger partial charge is 0.407 e. The van der Waals surface area contributed by atoms with Gasteiger partial charge in [-0.25, -0.2) is 9.18 Å². The highest BCUT2D eigenvalue weighted by Crippen LogP contribution is 2.15. The molecule has 1 saturated heterocycles. The van der Waals surface area contributed by atoms with Crippen LogP contribution >= 0.6 is 0 Å². The molecular formula is C19H19FN4O6. The Morgan fingerprint density at radius 1 is 1.07 bits per heavy atom. The molecule has 11 heteroatoms. The van der Waals surface area contributed by atoms with Gasteiger partial charge < -0.3 is 30.3 Å². The van der Waals surface area contributed by atoms with Crippen molar-refractivity contribution in [1.82, 2.24) is 20.1 Å². The second kappa shape index (κ2) is 8.64. The lowest BCUT2D eigenvalue weighted by molar-refractivity contribution is 0.0619. The number of hydrogen-bond donors (Lipinski definition) is 4. The number of carbonyl (C=O) groups is 3. The van der Waals surface area contributed by atoms with Gasteiger partial charge in [-0.1, -0.05) is 12.1 Å². The number of rotatable bonds is 4. The molecule has 0 aliphatic carbocycles. The van der Waals surface area contributed by atoms with Crippen molar-refractivity contribution >= 4 is 17.9 Å². The quantitative estimate of drug-likeness (QED) is 0.572. The fraction of sp³-hybridized carbons (Fsp3) is 0.263. The lowest BCUT2D eigenvalue weighted by Crippen LogP contribution is -2.50. The van der Waals surface area contributed by atoms with Crippen LogP contribution in [0.5, 0.6) is 5.75 Å². The molecule has 0 radical (unpaired) electrons. The molecular weight excluding hydrogens is 399 g/mol. The van der Waals surface area contributed by atoms with Crippen LogP contribution in [0.2, 0.25) is 0 Å². The van der Waals surface area contributed by atoms with Crippen molar-refractivity contribution in [2.75, 3.05) is 26.2 Å². The van der Waals surface area contributed by atoms with Crippen molar-refractivity contribution in [1.29, 1.82) is 0 Å². The van der Waals surface area contributed by atoms with Gasteiger partial charge in [-0.15, -0.1) is 0 Å². The third kappa shape index (κ3) is 4.57. The molecule has 0 spiro atoms. The van der Waals surface area contributed by atoms with Crippen molar-refractivity contribution in [3.63, 3.8) is 0 Å². The first-order valence-electron chi connectivity index (χ1n) is 9.02. The number of aromatic amines is 1. The number of nitrogens with one attached hydrogen (secondary N) is 2. The molecule has 2 heterocycles. The van der Waals surface area contributed by atoms with Crippen molar-refractivity contribution in [3.8, 4) is 5.75 Å². The van der Waals surface area contributed by atoms with Crippen molar-refractivity contribution in [2.45, 2.75) is 6.54 Å². The van der Waals surface area contributed by atoms with E-state index >= 15 is 0 Å². The normalized spacial score (nSPS) is 13.8. The number of aromatic nitrogens is 1. The van der Waals surface area contributed by atoms with Crippen molar-refractivity contribution < 1.29 is 29.0 Å².